The van der Waals surface area contributed by atoms with Crippen molar-refractivity contribution in [3.63, 3.8) is 0 Å². The molecule has 0 atom stereocenters. The molecule has 0 amide bonds. The first-order chi connectivity index (χ1) is 10.6. The van der Waals surface area contributed by atoms with Gasteiger partial charge in [0.05, 0.1) is 6.61 Å². The molecule has 0 bridgehead atoms. The summed E-state index contributed by atoms with van der Waals surface area (Å²) < 4.78 is 4.28. The first-order valence-electron chi connectivity index (χ1n) is 6.28. The molecule has 0 spiro atoms. The van der Waals surface area contributed by atoms with Crippen molar-refractivity contribution >= 4 is 116 Å². The number of Topliss-reactive ketones (excluding diaryl/α,β-unsaturated/α-hetero) is 1. The summed E-state index contributed by atoms with van der Waals surface area (Å²) in [7, 11) is 0. The van der Waals surface area contributed by atoms with Crippen LogP contribution in [0.25, 0.3) is 0 Å². The molecule has 0 rings (SSSR count). The maximum absolute atomic E-state index is 10.6. The number of thiol groups is 1. The number of ether oxygens (including phenoxy) is 1. The van der Waals surface area contributed by atoms with Gasteiger partial charge in [-0.2, -0.15) is 0 Å². The molecular formula is C13H25Cl4NaO5S4. The molecule has 2 N–H and O–H groups in total. The smallest absolute Gasteiger partial charge is 0.870 e. The van der Waals surface area contributed by atoms with Crippen LogP contribution in [0.2, 0.25) is 0 Å². The van der Waals surface area contributed by atoms with Gasteiger partial charge in [0.15, 0.2) is 4.30 Å². The third-order valence-electron chi connectivity index (χ3n) is 1.12. The Bertz CT molecular complexity index is 380. The number of ketones is 1. The number of carbonyl (C=O) groups is 2. The van der Waals surface area contributed by atoms with E-state index in [1.807, 2.05) is 0 Å². The molecular weight excluding hydrogens is 529 g/mol. The van der Waals surface area contributed by atoms with Crippen LogP contribution in [0, 0.1) is 0 Å². The number of aliphatic carboxylic acids is 1. The molecule has 0 radical (unpaired) electrons. The predicted molar refractivity (Wildman–Crippen MR) is 128 cm³/mol. The molecule has 0 saturated heterocycles. The topological polar surface area (TPSA) is 93.6 Å². The van der Waals surface area contributed by atoms with Crippen molar-refractivity contribution in [2.75, 3.05) is 6.61 Å². The zero-order chi connectivity index (χ0) is 20.5. The van der Waals surface area contributed by atoms with Gasteiger partial charge in [0, 0.05) is 4.20 Å². The number of alkyl halides is 3. The molecule has 0 unspecified atom stereocenters. The second-order valence-electron chi connectivity index (χ2n) is 4.28. The zero-order valence-corrected chi connectivity index (χ0v) is 24.5. The molecule has 0 aliphatic rings. The van der Waals surface area contributed by atoms with Crippen LogP contribution in [-0.4, -0.2) is 46.6 Å². The molecule has 0 aliphatic carbocycles. The summed E-state index contributed by atoms with van der Waals surface area (Å²) in [6.45, 7) is 10.3. The molecule has 27 heavy (non-hydrogen) atoms. The van der Waals surface area contributed by atoms with E-state index in [0.29, 0.717) is 10.8 Å². The van der Waals surface area contributed by atoms with Gasteiger partial charge in [-0.1, -0.05) is 58.8 Å². The van der Waals surface area contributed by atoms with Crippen LogP contribution < -0.4 is 29.6 Å². The molecule has 14 heteroatoms. The minimum Gasteiger partial charge on any atom is -0.870 e. The van der Waals surface area contributed by atoms with Crippen LogP contribution >= 0.6 is 96.0 Å². The Kier molecular flexibility index (Phi) is 52.4. The van der Waals surface area contributed by atoms with Crippen molar-refractivity contribution in [2.45, 2.75) is 50.6 Å². The van der Waals surface area contributed by atoms with Crippen molar-refractivity contribution in [1.29, 1.82) is 0 Å². The van der Waals surface area contributed by atoms with Crippen molar-refractivity contribution in [2.24, 2.45) is 0 Å². The quantitative estimate of drug-likeness (QED) is 0.238. The SMILES string of the molecule is CC(=S)S.CC(C)=O.CCOC(=S)SC(C)(C)C(=O)O.Cl.ClC(Cl)Cl.[Na+].[OH-]. The van der Waals surface area contributed by atoms with E-state index in [1.54, 1.807) is 27.7 Å². The summed E-state index contributed by atoms with van der Waals surface area (Å²) in [4.78, 5) is 20.1. The first-order valence-corrected chi connectivity index (χ1v) is 9.67. The third-order valence-corrected chi connectivity index (χ3v) is 2.45. The normalized spacial score (nSPS) is 8.11. The molecule has 5 nitrogen and oxygen atoms in total. The van der Waals surface area contributed by atoms with Gasteiger partial charge < -0.3 is 20.1 Å². The third kappa shape index (κ3) is 74.0. The number of rotatable bonds is 3. The monoisotopic (exact) mass is 552 g/mol. The number of halogens is 4. The first kappa shape index (κ1) is 46.9. The van der Waals surface area contributed by atoms with Crippen molar-refractivity contribution < 1.29 is 54.5 Å². The van der Waals surface area contributed by atoms with E-state index < -0.39 is 15.0 Å². The van der Waals surface area contributed by atoms with Crippen LogP contribution in [0.3, 0.4) is 0 Å². The number of thiocarbonyl (C=S) groups is 2. The van der Waals surface area contributed by atoms with Gasteiger partial charge in [-0.25, -0.2) is 0 Å². The summed E-state index contributed by atoms with van der Waals surface area (Å²) >= 11 is 28.4. The Labute approximate surface area is 225 Å². The van der Waals surface area contributed by atoms with Gasteiger partial charge in [0.25, 0.3) is 0 Å². The maximum atomic E-state index is 10.6. The Morgan fingerprint density at radius 2 is 1.41 bits per heavy atom. The van der Waals surface area contributed by atoms with E-state index in [0.717, 1.165) is 11.8 Å². The molecule has 0 aromatic carbocycles. The molecule has 0 aromatic rings. The number of carbonyl (C=O) groups excluding carboxylic acids is 1. The largest absolute Gasteiger partial charge is 1.00 e. The Hall–Kier alpha value is 1.94. The molecule has 0 aliphatic heterocycles. The Balaban J connectivity index is -0.0000000450. The van der Waals surface area contributed by atoms with Crippen molar-refractivity contribution in [1.82, 2.24) is 0 Å². The number of hydrogen-bond acceptors (Lipinski definition) is 7. The standard InChI is InChI=1S/C7H12O3S2.C3H6O.C2H4S2.CHCl3.ClH.Na.H2O/c1-4-10-6(11)12-7(2,3)5(8)9;1-3(2)4;1-2(3)4;2-1(3)4;;;/h4H2,1-3H3,(H,8,9);1-2H3;1H3,(H,3,4);1H;1H;;1H2/q;;;;;+1;/p-1. The van der Waals surface area contributed by atoms with Crippen molar-refractivity contribution in [3.05, 3.63) is 0 Å². The molecule has 0 fully saturated rings. The summed E-state index contributed by atoms with van der Waals surface area (Å²) in [5, 5.41) is 8.72. The number of carboxylic acids is 1. The summed E-state index contributed by atoms with van der Waals surface area (Å²) in [5.41, 5.74) is 0. The van der Waals surface area contributed by atoms with Gasteiger partial charge in [-0.05, 0) is 53.8 Å². The van der Waals surface area contributed by atoms with Gasteiger partial charge in [0.1, 0.15) is 10.5 Å². The van der Waals surface area contributed by atoms with E-state index in [1.165, 1.54) is 13.8 Å². The van der Waals surface area contributed by atoms with Crippen LogP contribution in [-0.2, 0) is 14.3 Å². The number of thioether (sulfide) groups is 1. The van der Waals surface area contributed by atoms with Gasteiger partial charge in [-0.3, -0.25) is 4.79 Å². The molecule has 0 saturated carbocycles. The minimum atomic E-state index is -0.910. The Morgan fingerprint density at radius 1 is 1.19 bits per heavy atom. The van der Waals surface area contributed by atoms with E-state index >= 15 is 0 Å². The summed E-state index contributed by atoms with van der Waals surface area (Å²) in [6, 6.07) is 0. The predicted octanol–water partition coefficient (Wildman–Crippen LogP) is 3.00. The molecule has 0 heterocycles. The average molecular weight is 554 g/mol. The van der Waals surface area contributed by atoms with Crippen LogP contribution in [0.1, 0.15) is 41.5 Å². The molecule has 0 aromatic heterocycles. The van der Waals surface area contributed by atoms with E-state index in [-0.39, 0.29) is 57.6 Å². The Morgan fingerprint density at radius 3 is 1.56 bits per heavy atom. The number of hydrogen-bond donors (Lipinski definition) is 2. The molecule has 160 valence electrons. The summed E-state index contributed by atoms with van der Waals surface area (Å²) in [6.07, 6.45) is 0. The average Bonchev–Trinajstić information content (AvgIpc) is 2.25. The van der Waals surface area contributed by atoms with Crippen LogP contribution in [0.4, 0.5) is 0 Å². The maximum Gasteiger partial charge on any atom is 1.00 e. The number of carboxylic acid groups (broad SMARTS) is 1. The second-order valence-corrected chi connectivity index (χ2v) is 10.1. The zero-order valence-electron chi connectivity index (χ0n) is 16.1. The van der Waals surface area contributed by atoms with E-state index in [2.05, 4.69) is 24.8 Å². The fourth-order valence-corrected chi connectivity index (χ4v) is 1.82. The van der Waals surface area contributed by atoms with E-state index in [4.69, 9.17) is 56.9 Å². The second kappa shape index (κ2) is 30.1. The van der Waals surface area contributed by atoms with Crippen molar-refractivity contribution in [3.8, 4) is 0 Å². The summed E-state index contributed by atoms with van der Waals surface area (Å²) in [5.74, 6) is -0.727. The van der Waals surface area contributed by atoms with Crippen LogP contribution in [0.15, 0.2) is 0 Å². The fourth-order valence-electron chi connectivity index (χ4n) is 0.399. The van der Waals surface area contributed by atoms with Gasteiger partial charge in [-0.15, -0.1) is 25.0 Å². The van der Waals surface area contributed by atoms with Gasteiger partial charge >= 0.3 is 35.5 Å². The van der Waals surface area contributed by atoms with Gasteiger partial charge in [0.2, 0.25) is 4.38 Å². The van der Waals surface area contributed by atoms with E-state index in [9.17, 15) is 9.59 Å². The van der Waals surface area contributed by atoms with Crippen LogP contribution in [0.5, 0.6) is 0 Å². The minimum absolute atomic E-state index is 0. The fraction of sp³-hybridized carbons (Fsp3) is 0.692.